The summed E-state index contributed by atoms with van der Waals surface area (Å²) in [5, 5.41) is 2.94. The number of anilines is 1. The highest BCUT2D eigenvalue weighted by Crippen LogP contribution is 2.10. The number of likely N-dealkylation sites (N-methyl/N-ethyl adjacent to an activating group) is 1. The Labute approximate surface area is 139 Å². The number of halogens is 1. The van der Waals surface area contributed by atoms with E-state index in [0.717, 1.165) is 15.8 Å². The van der Waals surface area contributed by atoms with E-state index in [1.54, 1.807) is 0 Å². The van der Waals surface area contributed by atoms with E-state index < -0.39 is 0 Å². The molecule has 0 aliphatic heterocycles. The van der Waals surface area contributed by atoms with Crippen molar-refractivity contribution in [1.29, 1.82) is 0 Å². The van der Waals surface area contributed by atoms with Crippen LogP contribution in [0.5, 0.6) is 0 Å². The molecule has 0 saturated heterocycles. The third-order valence-electron chi connectivity index (χ3n) is 3.34. The lowest BCUT2D eigenvalue weighted by atomic mass is 10.1. The van der Waals surface area contributed by atoms with Gasteiger partial charge in [-0.25, -0.2) is 0 Å². The average Bonchev–Trinajstić information content (AvgIpc) is 2.44. The Morgan fingerprint density at radius 3 is 2.48 bits per heavy atom. The predicted octanol–water partition coefficient (Wildman–Crippen LogP) is 2.25. The van der Waals surface area contributed by atoms with Gasteiger partial charge in [0.05, 0.1) is 7.05 Å². The van der Waals surface area contributed by atoms with Gasteiger partial charge < -0.3 is 10.2 Å². The number of carbonyl (C=O) groups excluding carboxylic acids is 1. The molecule has 0 spiro atoms. The van der Waals surface area contributed by atoms with Crippen LogP contribution in [0.2, 0.25) is 0 Å². The maximum atomic E-state index is 12.0. The highest BCUT2D eigenvalue weighted by molar-refractivity contribution is 14.1. The highest BCUT2D eigenvalue weighted by Gasteiger charge is 2.11. The molecular formula is C17H20IN2O+. The van der Waals surface area contributed by atoms with Crippen molar-refractivity contribution in [1.82, 2.24) is 0 Å². The molecule has 0 bridgehead atoms. The second-order valence-electron chi connectivity index (χ2n) is 5.29. The topological polar surface area (TPSA) is 33.5 Å². The molecule has 2 N–H and O–H groups in total. The van der Waals surface area contributed by atoms with E-state index in [-0.39, 0.29) is 5.91 Å². The van der Waals surface area contributed by atoms with Gasteiger partial charge in [0.1, 0.15) is 6.54 Å². The van der Waals surface area contributed by atoms with Gasteiger partial charge in [-0.3, -0.25) is 4.79 Å². The molecule has 2 rings (SSSR count). The minimum absolute atomic E-state index is 0.0438. The van der Waals surface area contributed by atoms with Crippen LogP contribution in [-0.2, 0) is 11.3 Å². The van der Waals surface area contributed by atoms with Crippen LogP contribution < -0.4 is 10.2 Å². The van der Waals surface area contributed by atoms with E-state index in [2.05, 4.69) is 47.0 Å². The summed E-state index contributed by atoms with van der Waals surface area (Å²) in [5.41, 5.74) is 3.41. The zero-order chi connectivity index (χ0) is 15.2. The van der Waals surface area contributed by atoms with Crippen molar-refractivity contribution in [3.8, 4) is 0 Å². The van der Waals surface area contributed by atoms with Gasteiger partial charge in [-0.1, -0.05) is 24.3 Å². The number of nitrogens with one attached hydrogen (secondary N) is 2. The van der Waals surface area contributed by atoms with E-state index >= 15 is 0 Å². The molecular weight excluding hydrogens is 375 g/mol. The van der Waals surface area contributed by atoms with Crippen molar-refractivity contribution in [2.45, 2.75) is 13.5 Å². The fourth-order valence-electron chi connectivity index (χ4n) is 2.21. The fourth-order valence-corrected chi connectivity index (χ4v) is 2.57. The summed E-state index contributed by atoms with van der Waals surface area (Å²) in [5.74, 6) is 0.0438. The van der Waals surface area contributed by atoms with Crippen molar-refractivity contribution in [2.75, 3.05) is 18.9 Å². The molecule has 4 heteroatoms. The summed E-state index contributed by atoms with van der Waals surface area (Å²) in [6.45, 7) is 3.42. The summed E-state index contributed by atoms with van der Waals surface area (Å²) in [6.07, 6.45) is 0. The van der Waals surface area contributed by atoms with Crippen LogP contribution in [0, 0.1) is 10.5 Å². The Kier molecular flexibility index (Phi) is 5.76. The molecule has 1 unspecified atom stereocenters. The van der Waals surface area contributed by atoms with Crippen molar-refractivity contribution in [2.24, 2.45) is 0 Å². The minimum atomic E-state index is 0.0438. The SMILES string of the molecule is Cc1ccccc1C[NH+](C)CC(=O)Nc1ccc(I)cc1. The van der Waals surface area contributed by atoms with Crippen LogP contribution in [0.1, 0.15) is 11.1 Å². The van der Waals surface area contributed by atoms with Crippen LogP contribution in [0.3, 0.4) is 0 Å². The lowest BCUT2D eigenvalue weighted by Crippen LogP contribution is -3.08. The average molecular weight is 395 g/mol. The number of hydrogen-bond donors (Lipinski definition) is 2. The van der Waals surface area contributed by atoms with Crippen molar-refractivity contribution in [3.05, 3.63) is 63.2 Å². The first-order valence-corrected chi connectivity index (χ1v) is 8.03. The molecule has 0 fully saturated rings. The van der Waals surface area contributed by atoms with E-state index in [1.807, 2.05) is 43.4 Å². The molecule has 0 aliphatic carbocycles. The van der Waals surface area contributed by atoms with Crippen LogP contribution in [-0.4, -0.2) is 19.5 Å². The predicted molar refractivity (Wildman–Crippen MR) is 94.4 cm³/mol. The summed E-state index contributed by atoms with van der Waals surface area (Å²) < 4.78 is 1.16. The Bertz CT molecular complexity index is 610. The Hall–Kier alpha value is -1.40. The molecule has 1 amide bonds. The Balaban J connectivity index is 1.87. The van der Waals surface area contributed by atoms with Crippen LogP contribution >= 0.6 is 22.6 Å². The molecule has 0 aromatic heterocycles. The first kappa shape index (κ1) is 16.0. The van der Waals surface area contributed by atoms with Crippen molar-refractivity contribution in [3.63, 3.8) is 0 Å². The molecule has 21 heavy (non-hydrogen) atoms. The minimum Gasteiger partial charge on any atom is -0.326 e. The van der Waals surface area contributed by atoms with Gasteiger partial charge in [-0.15, -0.1) is 0 Å². The van der Waals surface area contributed by atoms with Crippen LogP contribution in [0.4, 0.5) is 5.69 Å². The number of rotatable bonds is 5. The van der Waals surface area contributed by atoms with Gasteiger partial charge in [-0.2, -0.15) is 0 Å². The fraction of sp³-hybridized carbons (Fsp3) is 0.235. The van der Waals surface area contributed by atoms with E-state index in [9.17, 15) is 4.79 Å². The smallest absolute Gasteiger partial charge is 0.279 e. The molecule has 0 heterocycles. The van der Waals surface area contributed by atoms with Crippen LogP contribution in [0.15, 0.2) is 48.5 Å². The van der Waals surface area contributed by atoms with Gasteiger partial charge in [0, 0.05) is 14.8 Å². The number of aryl methyl sites for hydroxylation is 1. The number of amides is 1. The Morgan fingerprint density at radius 2 is 1.81 bits per heavy atom. The quantitative estimate of drug-likeness (QED) is 0.749. The second-order valence-corrected chi connectivity index (χ2v) is 6.54. The molecule has 2 aromatic rings. The first-order chi connectivity index (χ1) is 10.0. The van der Waals surface area contributed by atoms with E-state index in [1.165, 1.54) is 16.0 Å². The van der Waals surface area contributed by atoms with Crippen LogP contribution in [0.25, 0.3) is 0 Å². The lowest BCUT2D eigenvalue weighted by molar-refractivity contribution is -0.885. The lowest BCUT2D eigenvalue weighted by Gasteiger charge is -2.15. The molecule has 0 saturated carbocycles. The number of carbonyl (C=O) groups is 1. The maximum Gasteiger partial charge on any atom is 0.279 e. The molecule has 1 atom stereocenters. The summed E-state index contributed by atoms with van der Waals surface area (Å²) in [7, 11) is 2.04. The molecule has 0 aliphatic rings. The zero-order valence-electron chi connectivity index (χ0n) is 12.3. The summed E-state index contributed by atoms with van der Waals surface area (Å²) in [6, 6.07) is 16.1. The van der Waals surface area contributed by atoms with Gasteiger partial charge in [0.2, 0.25) is 0 Å². The second kappa shape index (κ2) is 7.56. The largest absolute Gasteiger partial charge is 0.326 e. The molecule has 2 aromatic carbocycles. The first-order valence-electron chi connectivity index (χ1n) is 6.96. The number of quaternary nitrogens is 1. The van der Waals surface area contributed by atoms with Gasteiger partial charge in [-0.05, 0) is 59.3 Å². The normalized spacial score (nSPS) is 12.0. The molecule has 3 nitrogen and oxygen atoms in total. The van der Waals surface area contributed by atoms with Crippen molar-refractivity contribution >= 4 is 34.2 Å². The number of hydrogen-bond acceptors (Lipinski definition) is 1. The van der Waals surface area contributed by atoms with Gasteiger partial charge in [0.25, 0.3) is 5.91 Å². The monoisotopic (exact) mass is 395 g/mol. The third kappa shape index (κ3) is 5.13. The molecule has 110 valence electrons. The molecule has 0 radical (unpaired) electrons. The van der Waals surface area contributed by atoms with E-state index in [0.29, 0.717) is 6.54 Å². The highest BCUT2D eigenvalue weighted by atomic mass is 127. The van der Waals surface area contributed by atoms with Crippen molar-refractivity contribution < 1.29 is 9.69 Å². The van der Waals surface area contributed by atoms with Gasteiger partial charge in [0.15, 0.2) is 6.54 Å². The van der Waals surface area contributed by atoms with Gasteiger partial charge >= 0.3 is 0 Å². The summed E-state index contributed by atoms with van der Waals surface area (Å²) >= 11 is 2.25. The maximum absolute atomic E-state index is 12.0. The third-order valence-corrected chi connectivity index (χ3v) is 4.06. The Morgan fingerprint density at radius 1 is 1.14 bits per heavy atom. The summed E-state index contributed by atoms with van der Waals surface area (Å²) in [4.78, 5) is 13.2. The van der Waals surface area contributed by atoms with E-state index in [4.69, 9.17) is 0 Å². The zero-order valence-corrected chi connectivity index (χ0v) is 14.5. The standard InChI is InChI=1S/C17H19IN2O/c1-13-5-3-4-6-14(13)11-20(2)12-17(21)19-16-9-7-15(18)8-10-16/h3-10H,11-12H2,1-2H3,(H,19,21)/p+1. The number of benzene rings is 2.